The molecule has 2 aromatic heterocycles. The molecule has 23 heavy (non-hydrogen) atoms. The highest BCUT2D eigenvalue weighted by Crippen LogP contribution is 2.20. The maximum atomic E-state index is 12.5. The molecule has 0 spiro atoms. The molecule has 0 radical (unpaired) electrons. The van der Waals surface area contributed by atoms with Crippen LogP contribution in [0.15, 0.2) is 30.6 Å². The maximum Gasteiger partial charge on any atom is 0.244 e. The molecule has 0 aromatic carbocycles. The third-order valence-corrected chi connectivity index (χ3v) is 4.38. The first-order chi connectivity index (χ1) is 11.1. The zero-order valence-corrected chi connectivity index (χ0v) is 13.9. The Morgan fingerprint density at radius 2 is 2.22 bits per heavy atom. The molecule has 1 amide bonds. The Kier molecular flexibility index (Phi) is 4.74. The highest BCUT2D eigenvalue weighted by atomic mass is 16.2. The van der Waals surface area contributed by atoms with Gasteiger partial charge in [0.05, 0.1) is 6.20 Å². The highest BCUT2D eigenvalue weighted by Gasteiger charge is 2.24. The molecule has 3 rings (SSSR count). The van der Waals surface area contributed by atoms with Gasteiger partial charge in [0, 0.05) is 30.7 Å². The van der Waals surface area contributed by atoms with Crippen molar-refractivity contribution in [1.82, 2.24) is 19.7 Å². The van der Waals surface area contributed by atoms with Crippen LogP contribution in [-0.2, 0) is 17.8 Å². The number of rotatable bonds is 4. The molecule has 1 aliphatic rings. The number of carbonyl (C=O) groups excluding carboxylic acids is 1. The number of hydrogen-bond donors (Lipinski definition) is 0. The second-order valence-corrected chi connectivity index (χ2v) is 6.54. The molecular formula is C18H24N4O. The van der Waals surface area contributed by atoms with Crippen molar-refractivity contribution in [2.45, 2.75) is 39.7 Å². The average molecular weight is 312 g/mol. The van der Waals surface area contributed by atoms with Gasteiger partial charge in [-0.2, -0.15) is 5.10 Å². The van der Waals surface area contributed by atoms with Crippen LogP contribution in [0.25, 0.3) is 0 Å². The number of piperidine rings is 1. The number of pyridine rings is 1. The lowest BCUT2D eigenvalue weighted by atomic mass is 9.93. The summed E-state index contributed by atoms with van der Waals surface area (Å²) in [5.41, 5.74) is 3.27. The largest absolute Gasteiger partial charge is 0.341 e. The van der Waals surface area contributed by atoms with E-state index in [0.717, 1.165) is 42.9 Å². The Bertz CT molecular complexity index is 679. The van der Waals surface area contributed by atoms with E-state index in [9.17, 15) is 4.79 Å². The Labute approximate surface area is 137 Å². The lowest BCUT2D eigenvalue weighted by molar-refractivity contribution is -0.133. The van der Waals surface area contributed by atoms with E-state index < -0.39 is 0 Å². The highest BCUT2D eigenvalue weighted by molar-refractivity contribution is 5.76. The Morgan fingerprint density at radius 3 is 2.96 bits per heavy atom. The third-order valence-electron chi connectivity index (χ3n) is 4.38. The van der Waals surface area contributed by atoms with Gasteiger partial charge in [0.25, 0.3) is 0 Å². The standard InChI is InChI=1S/C18H24N4O/c1-14-10-19-22(11-14)13-18(23)21-8-4-6-16(12-21)9-17-7-3-5-15(2)20-17/h3,5,7,10-11,16H,4,6,8-9,12-13H2,1-2H3. The quantitative estimate of drug-likeness (QED) is 0.871. The SMILES string of the molecule is Cc1cnn(CC(=O)N2CCCC(Cc3cccc(C)n3)C2)c1. The predicted molar refractivity (Wildman–Crippen MR) is 88.9 cm³/mol. The lowest BCUT2D eigenvalue weighted by Gasteiger charge is -2.32. The summed E-state index contributed by atoms with van der Waals surface area (Å²) in [4.78, 5) is 19.1. The smallest absolute Gasteiger partial charge is 0.244 e. The van der Waals surface area contributed by atoms with E-state index in [1.807, 2.05) is 31.0 Å². The topological polar surface area (TPSA) is 51.0 Å². The van der Waals surface area contributed by atoms with Gasteiger partial charge < -0.3 is 4.90 Å². The molecule has 3 heterocycles. The van der Waals surface area contributed by atoms with Crippen LogP contribution in [0.1, 0.15) is 29.8 Å². The van der Waals surface area contributed by atoms with E-state index in [4.69, 9.17) is 0 Å². The number of hydrogen-bond acceptors (Lipinski definition) is 3. The molecule has 1 fully saturated rings. The monoisotopic (exact) mass is 312 g/mol. The molecular weight excluding hydrogens is 288 g/mol. The minimum absolute atomic E-state index is 0.162. The Morgan fingerprint density at radius 1 is 1.35 bits per heavy atom. The molecule has 1 atom stereocenters. The number of nitrogens with zero attached hydrogens (tertiary/aromatic N) is 4. The molecule has 1 unspecified atom stereocenters. The fourth-order valence-electron chi connectivity index (χ4n) is 3.26. The van der Waals surface area contributed by atoms with E-state index in [2.05, 4.69) is 22.2 Å². The predicted octanol–water partition coefficient (Wildman–Crippen LogP) is 2.38. The van der Waals surface area contributed by atoms with E-state index in [0.29, 0.717) is 12.5 Å². The van der Waals surface area contributed by atoms with Crippen molar-refractivity contribution in [3.8, 4) is 0 Å². The van der Waals surface area contributed by atoms with Crippen molar-refractivity contribution in [1.29, 1.82) is 0 Å². The molecule has 0 N–H and O–H groups in total. The molecule has 1 saturated heterocycles. The van der Waals surface area contributed by atoms with Crippen molar-refractivity contribution < 1.29 is 4.79 Å². The fourth-order valence-corrected chi connectivity index (χ4v) is 3.26. The van der Waals surface area contributed by atoms with E-state index in [1.54, 1.807) is 10.9 Å². The van der Waals surface area contributed by atoms with Gasteiger partial charge in [-0.05, 0) is 56.7 Å². The minimum Gasteiger partial charge on any atom is -0.341 e. The van der Waals surface area contributed by atoms with Gasteiger partial charge in [0.1, 0.15) is 6.54 Å². The molecule has 0 bridgehead atoms. The van der Waals surface area contributed by atoms with E-state index >= 15 is 0 Å². The summed E-state index contributed by atoms with van der Waals surface area (Å²) < 4.78 is 1.73. The molecule has 5 nitrogen and oxygen atoms in total. The summed E-state index contributed by atoms with van der Waals surface area (Å²) in [7, 11) is 0. The average Bonchev–Trinajstić information content (AvgIpc) is 2.92. The summed E-state index contributed by atoms with van der Waals surface area (Å²) in [6, 6.07) is 6.16. The van der Waals surface area contributed by atoms with Gasteiger partial charge in [0.2, 0.25) is 5.91 Å². The molecule has 2 aromatic rings. The van der Waals surface area contributed by atoms with Crippen molar-refractivity contribution >= 4 is 5.91 Å². The van der Waals surface area contributed by atoms with Crippen molar-refractivity contribution in [3.05, 3.63) is 47.5 Å². The Hall–Kier alpha value is -2.17. The van der Waals surface area contributed by atoms with Gasteiger partial charge in [-0.3, -0.25) is 14.5 Å². The summed E-state index contributed by atoms with van der Waals surface area (Å²) in [5.74, 6) is 0.663. The second kappa shape index (κ2) is 6.94. The molecule has 0 saturated carbocycles. The van der Waals surface area contributed by atoms with Crippen LogP contribution in [0.3, 0.4) is 0 Å². The van der Waals surface area contributed by atoms with Crippen molar-refractivity contribution in [3.63, 3.8) is 0 Å². The summed E-state index contributed by atoms with van der Waals surface area (Å²) in [6.07, 6.45) is 6.89. The normalized spacial score (nSPS) is 18.2. The number of carbonyl (C=O) groups is 1. The van der Waals surface area contributed by atoms with Crippen LogP contribution in [0.5, 0.6) is 0 Å². The molecule has 0 aliphatic carbocycles. The van der Waals surface area contributed by atoms with Gasteiger partial charge in [-0.15, -0.1) is 0 Å². The Balaban J connectivity index is 1.58. The third kappa shape index (κ3) is 4.18. The summed E-state index contributed by atoms with van der Waals surface area (Å²) in [6.45, 7) is 6.03. The van der Waals surface area contributed by atoms with E-state index in [1.165, 1.54) is 6.42 Å². The van der Waals surface area contributed by atoms with Crippen LogP contribution in [0, 0.1) is 19.8 Å². The zero-order valence-electron chi connectivity index (χ0n) is 13.9. The van der Waals surface area contributed by atoms with Crippen LogP contribution < -0.4 is 0 Å². The van der Waals surface area contributed by atoms with Gasteiger partial charge >= 0.3 is 0 Å². The van der Waals surface area contributed by atoms with Gasteiger partial charge in [0.15, 0.2) is 0 Å². The summed E-state index contributed by atoms with van der Waals surface area (Å²) >= 11 is 0. The number of aryl methyl sites for hydroxylation is 2. The zero-order chi connectivity index (χ0) is 16.2. The number of aromatic nitrogens is 3. The fraction of sp³-hybridized carbons (Fsp3) is 0.500. The molecule has 5 heteroatoms. The van der Waals surface area contributed by atoms with Crippen molar-refractivity contribution in [2.75, 3.05) is 13.1 Å². The molecule has 1 aliphatic heterocycles. The maximum absolute atomic E-state index is 12.5. The number of likely N-dealkylation sites (tertiary alicyclic amines) is 1. The summed E-state index contributed by atoms with van der Waals surface area (Å²) in [5, 5.41) is 4.21. The molecule has 122 valence electrons. The van der Waals surface area contributed by atoms with E-state index in [-0.39, 0.29) is 5.91 Å². The van der Waals surface area contributed by atoms with Crippen LogP contribution in [-0.4, -0.2) is 38.7 Å². The first kappa shape index (κ1) is 15.7. The van der Waals surface area contributed by atoms with Crippen LogP contribution in [0.4, 0.5) is 0 Å². The van der Waals surface area contributed by atoms with Crippen molar-refractivity contribution in [2.24, 2.45) is 5.92 Å². The van der Waals surface area contributed by atoms with Gasteiger partial charge in [-0.1, -0.05) is 6.07 Å². The number of amides is 1. The van der Waals surface area contributed by atoms with Crippen LogP contribution >= 0.6 is 0 Å². The van der Waals surface area contributed by atoms with Gasteiger partial charge in [-0.25, -0.2) is 0 Å². The second-order valence-electron chi connectivity index (χ2n) is 6.54. The lowest BCUT2D eigenvalue weighted by Crippen LogP contribution is -2.42. The first-order valence-corrected chi connectivity index (χ1v) is 8.29. The minimum atomic E-state index is 0.162. The van der Waals surface area contributed by atoms with Crippen LogP contribution in [0.2, 0.25) is 0 Å². The first-order valence-electron chi connectivity index (χ1n) is 8.29.